The second-order valence-corrected chi connectivity index (χ2v) is 7.56. The van der Waals surface area contributed by atoms with Crippen LogP contribution in [-0.4, -0.2) is 33.8 Å². The molecule has 0 radical (unpaired) electrons. The maximum absolute atomic E-state index is 6.19. The van der Waals surface area contributed by atoms with Gasteiger partial charge >= 0.3 is 0 Å². The first kappa shape index (κ1) is 14.5. The number of rotatable bonds is 2. The van der Waals surface area contributed by atoms with Gasteiger partial charge in [0.1, 0.15) is 0 Å². The fraction of sp³-hybridized carbons (Fsp3) is 0.800. The normalized spacial score (nSPS) is 24.6. The van der Waals surface area contributed by atoms with E-state index >= 15 is 0 Å². The lowest BCUT2D eigenvalue weighted by Gasteiger charge is -2.42. The van der Waals surface area contributed by atoms with Crippen LogP contribution in [0.2, 0.25) is 0 Å². The quantitative estimate of drug-likeness (QED) is 0.891. The molecule has 2 heterocycles. The Bertz CT molecular complexity index is 428. The van der Waals surface area contributed by atoms with E-state index in [-0.39, 0.29) is 11.0 Å². The minimum Gasteiger partial charge on any atom is -0.327 e. The third-order valence-electron chi connectivity index (χ3n) is 4.12. The summed E-state index contributed by atoms with van der Waals surface area (Å²) >= 11 is 0. The molecule has 1 aliphatic rings. The smallest absolute Gasteiger partial charge is 0.0543 e. The zero-order valence-corrected chi connectivity index (χ0v) is 13.0. The lowest BCUT2D eigenvalue weighted by Crippen LogP contribution is -2.52. The summed E-state index contributed by atoms with van der Waals surface area (Å²) in [4.78, 5) is 2.49. The van der Waals surface area contributed by atoms with Crippen LogP contribution < -0.4 is 5.73 Å². The molecule has 0 aromatic carbocycles. The summed E-state index contributed by atoms with van der Waals surface area (Å²) in [7, 11) is 0. The van der Waals surface area contributed by atoms with Crippen LogP contribution in [-0.2, 0) is 12.1 Å². The monoisotopic (exact) mass is 264 g/mol. The van der Waals surface area contributed by atoms with Gasteiger partial charge in [0.2, 0.25) is 0 Å². The van der Waals surface area contributed by atoms with Crippen LogP contribution in [0.15, 0.2) is 12.4 Å². The van der Waals surface area contributed by atoms with Gasteiger partial charge in [-0.25, -0.2) is 0 Å². The van der Waals surface area contributed by atoms with Crippen molar-refractivity contribution in [2.24, 2.45) is 11.1 Å². The van der Waals surface area contributed by atoms with Crippen LogP contribution >= 0.6 is 0 Å². The van der Waals surface area contributed by atoms with Crippen LogP contribution in [0.5, 0.6) is 0 Å². The summed E-state index contributed by atoms with van der Waals surface area (Å²) in [5.74, 6) is 0. The fourth-order valence-electron chi connectivity index (χ4n) is 2.69. The highest BCUT2D eigenvalue weighted by molar-refractivity contribution is 5.06. The van der Waals surface area contributed by atoms with Crippen molar-refractivity contribution in [2.75, 3.05) is 13.1 Å². The number of hydrogen-bond donors (Lipinski definition) is 1. The first-order valence-corrected chi connectivity index (χ1v) is 7.20. The van der Waals surface area contributed by atoms with Gasteiger partial charge in [-0.15, -0.1) is 0 Å². The number of aromatic nitrogens is 2. The first-order valence-electron chi connectivity index (χ1n) is 7.20. The molecule has 1 unspecified atom stereocenters. The van der Waals surface area contributed by atoms with Crippen molar-refractivity contribution in [1.29, 1.82) is 0 Å². The molecule has 0 bridgehead atoms. The fourth-order valence-corrected chi connectivity index (χ4v) is 2.69. The molecule has 19 heavy (non-hydrogen) atoms. The summed E-state index contributed by atoms with van der Waals surface area (Å²) in [6, 6.07) is 0.320. The average Bonchev–Trinajstić information content (AvgIpc) is 2.71. The number of nitrogens with zero attached hydrogens (tertiary/aromatic N) is 3. The van der Waals surface area contributed by atoms with Crippen LogP contribution in [0.4, 0.5) is 0 Å². The number of piperidine rings is 1. The zero-order chi connectivity index (χ0) is 14.3. The molecule has 1 fully saturated rings. The van der Waals surface area contributed by atoms with Crippen LogP contribution in [0.1, 0.15) is 46.6 Å². The summed E-state index contributed by atoms with van der Waals surface area (Å²) < 4.78 is 2.04. The van der Waals surface area contributed by atoms with E-state index in [1.807, 2.05) is 10.9 Å². The van der Waals surface area contributed by atoms with Crippen LogP contribution in [0.25, 0.3) is 0 Å². The van der Waals surface area contributed by atoms with E-state index in [2.05, 4.69) is 50.8 Å². The minimum atomic E-state index is 0.0573. The minimum absolute atomic E-state index is 0.0573. The van der Waals surface area contributed by atoms with Gasteiger partial charge in [-0.2, -0.15) is 5.10 Å². The molecule has 0 saturated carbocycles. The number of nitrogens with two attached hydrogens (primary N) is 1. The van der Waals surface area contributed by atoms with Crippen molar-refractivity contribution in [3.8, 4) is 0 Å². The summed E-state index contributed by atoms with van der Waals surface area (Å²) in [5.41, 5.74) is 7.74. The number of hydrogen-bond acceptors (Lipinski definition) is 3. The van der Waals surface area contributed by atoms with Gasteiger partial charge in [0.15, 0.2) is 0 Å². The summed E-state index contributed by atoms with van der Waals surface area (Å²) in [5, 5.41) is 4.47. The Kier molecular flexibility index (Phi) is 3.76. The molecule has 1 atom stereocenters. The van der Waals surface area contributed by atoms with Crippen molar-refractivity contribution in [3.63, 3.8) is 0 Å². The molecule has 0 spiro atoms. The third-order valence-corrected chi connectivity index (χ3v) is 4.12. The molecule has 2 rings (SSSR count). The molecule has 108 valence electrons. The van der Waals surface area contributed by atoms with Gasteiger partial charge in [-0.05, 0) is 32.6 Å². The lowest BCUT2D eigenvalue weighted by molar-refractivity contribution is 0.0898. The molecule has 2 N–H and O–H groups in total. The van der Waals surface area contributed by atoms with E-state index in [0.29, 0.717) is 6.04 Å². The molecule has 1 aliphatic heterocycles. The molecule has 0 aliphatic carbocycles. The second kappa shape index (κ2) is 4.91. The second-order valence-electron chi connectivity index (χ2n) is 7.56. The summed E-state index contributed by atoms with van der Waals surface area (Å²) in [6.45, 7) is 14.2. The van der Waals surface area contributed by atoms with Crippen molar-refractivity contribution < 1.29 is 0 Å². The predicted molar refractivity (Wildman–Crippen MR) is 78.9 cm³/mol. The maximum Gasteiger partial charge on any atom is 0.0543 e. The van der Waals surface area contributed by atoms with Crippen molar-refractivity contribution in [1.82, 2.24) is 14.7 Å². The Morgan fingerprint density at radius 2 is 2.11 bits per heavy atom. The largest absolute Gasteiger partial charge is 0.327 e. The molecule has 1 aromatic rings. The predicted octanol–water partition coefficient (Wildman–Crippen LogP) is 2.20. The lowest BCUT2D eigenvalue weighted by atomic mass is 9.79. The van der Waals surface area contributed by atoms with E-state index in [4.69, 9.17) is 5.73 Å². The van der Waals surface area contributed by atoms with Gasteiger partial charge in [0.25, 0.3) is 0 Å². The molecule has 0 amide bonds. The van der Waals surface area contributed by atoms with Gasteiger partial charge < -0.3 is 5.73 Å². The highest BCUT2D eigenvalue weighted by Gasteiger charge is 2.33. The molecule has 4 nitrogen and oxygen atoms in total. The van der Waals surface area contributed by atoms with E-state index in [0.717, 1.165) is 26.1 Å². The average molecular weight is 264 g/mol. The maximum atomic E-state index is 6.19. The van der Waals surface area contributed by atoms with Crippen molar-refractivity contribution in [2.45, 2.75) is 59.2 Å². The van der Waals surface area contributed by atoms with E-state index in [1.54, 1.807) is 0 Å². The Labute approximate surface area is 117 Å². The zero-order valence-electron chi connectivity index (χ0n) is 13.0. The third kappa shape index (κ3) is 3.37. The van der Waals surface area contributed by atoms with Crippen LogP contribution in [0, 0.1) is 5.41 Å². The topological polar surface area (TPSA) is 47.1 Å². The van der Waals surface area contributed by atoms with Gasteiger partial charge in [-0.3, -0.25) is 9.58 Å². The molecular formula is C15H28N4. The van der Waals surface area contributed by atoms with Gasteiger partial charge in [-0.1, -0.05) is 13.8 Å². The van der Waals surface area contributed by atoms with E-state index in [1.165, 1.54) is 5.56 Å². The van der Waals surface area contributed by atoms with E-state index in [9.17, 15) is 0 Å². The summed E-state index contributed by atoms with van der Waals surface area (Å²) in [6.07, 6.45) is 5.24. The van der Waals surface area contributed by atoms with Gasteiger partial charge in [0, 0.05) is 37.4 Å². The Morgan fingerprint density at radius 1 is 1.42 bits per heavy atom. The van der Waals surface area contributed by atoms with Crippen molar-refractivity contribution in [3.05, 3.63) is 18.0 Å². The van der Waals surface area contributed by atoms with Crippen molar-refractivity contribution >= 4 is 0 Å². The standard InChI is InChI=1S/C15H28N4/c1-14(2,3)19-10-12(8-17-19)9-18-7-6-13(16)15(4,5)11-18/h8,10,13H,6-7,9,11,16H2,1-5H3. The van der Waals surface area contributed by atoms with Crippen LogP contribution in [0.3, 0.4) is 0 Å². The Hall–Kier alpha value is -0.870. The van der Waals surface area contributed by atoms with Gasteiger partial charge in [0.05, 0.1) is 11.7 Å². The Morgan fingerprint density at radius 3 is 2.63 bits per heavy atom. The first-order chi connectivity index (χ1) is 8.68. The Balaban J connectivity index is 2.00. The highest BCUT2D eigenvalue weighted by Crippen LogP contribution is 2.28. The molecular weight excluding hydrogens is 236 g/mol. The molecule has 1 saturated heterocycles. The van der Waals surface area contributed by atoms with E-state index < -0.39 is 0 Å². The molecule has 4 heteroatoms. The molecule has 1 aromatic heterocycles. The number of likely N-dealkylation sites (tertiary alicyclic amines) is 1. The SMILES string of the molecule is CC1(C)CN(Cc2cnn(C(C)(C)C)c2)CCC1N. The highest BCUT2D eigenvalue weighted by atomic mass is 15.3.